The van der Waals surface area contributed by atoms with Gasteiger partial charge in [0.15, 0.2) is 11.6 Å². The van der Waals surface area contributed by atoms with Gasteiger partial charge in [0.25, 0.3) is 0 Å². The lowest BCUT2D eigenvalue weighted by Gasteiger charge is -2.26. The fraction of sp³-hybridized carbons (Fsp3) is 0.533. The summed E-state index contributed by atoms with van der Waals surface area (Å²) in [7, 11) is 0. The van der Waals surface area contributed by atoms with Gasteiger partial charge in [-0.05, 0) is 31.2 Å². The highest BCUT2D eigenvalue weighted by Gasteiger charge is 2.20. The summed E-state index contributed by atoms with van der Waals surface area (Å²) in [6, 6.07) is 4.09. The van der Waals surface area contributed by atoms with E-state index < -0.39 is 11.6 Å². The molecular weight excluding hydrogens is 262 g/mol. The highest BCUT2D eigenvalue weighted by Crippen LogP contribution is 2.22. The SMILES string of the molecule is NC1CCCC(CNC(=O)Cc2cccc(F)c2F)C1. The first kappa shape index (κ1) is 14.9. The molecule has 3 N–H and O–H groups in total. The highest BCUT2D eigenvalue weighted by molar-refractivity contribution is 5.78. The smallest absolute Gasteiger partial charge is 0.224 e. The minimum absolute atomic E-state index is 0.0860. The lowest BCUT2D eigenvalue weighted by atomic mass is 9.86. The third-order valence-corrected chi connectivity index (χ3v) is 3.79. The van der Waals surface area contributed by atoms with E-state index >= 15 is 0 Å². The van der Waals surface area contributed by atoms with E-state index in [1.54, 1.807) is 0 Å². The van der Waals surface area contributed by atoms with Crippen molar-refractivity contribution in [3.63, 3.8) is 0 Å². The highest BCUT2D eigenvalue weighted by atomic mass is 19.2. The molecule has 2 rings (SSSR count). The van der Waals surface area contributed by atoms with E-state index in [-0.39, 0.29) is 23.9 Å². The van der Waals surface area contributed by atoms with Crippen molar-refractivity contribution in [2.45, 2.75) is 38.1 Å². The minimum atomic E-state index is -0.942. The second-order valence-electron chi connectivity index (χ2n) is 5.49. The van der Waals surface area contributed by atoms with Crippen molar-refractivity contribution < 1.29 is 13.6 Å². The first-order valence-corrected chi connectivity index (χ1v) is 7.01. The summed E-state index contributed by atoms with van der Waals surface area (Å²) < 4.78 is 26.5. The average Bonchev–Trinajstić information content (AvgIpc) is 2.42. The lowest BCUT2D eigenvalue weighted by molar-refractivity contribution is -0.120. The Morgan fingerprint density at radius 2 is 2.15 bits per heavy atom. The van der Waals surface area contributed by atoms with Gasteiger partial charge >= 0.3 is 0 Å². The lowest BCUT2D eigenvalue weighted by Crippen LogP contribution is -2.36. The number of halogens is 2. The number of hydrogen-bond donors (Lipinski definition) is 2. The van der Waals surface area contributed by atoms with Gasteiger partial charge in [-0.15, -0.1) is 0 Å². The van der Waals surface area contributed by atoms with Crippen LogP contribution in [0.3, 0.4) is 0 Å². The summed E-state index contributed by atoms with van der Waals surface area (Å²) in [6.45, 7) is 0.559. The molecule has 1 aromatic carbocycles. The van der Waals surface area contributed by atoms with Gasteiger partial charge in [-0.2, -0.15) is 0 Å². The largest absolute Gasteiger partial charge is 0.356 e. The first-order chi connectivity index (χ1) is 9.56. The Kier molecular flexibility index (Phi) is 5.06. The number of nitrogens with one attached hydrogen (secondary N) is 1. The fourth-order valence-electron chi connectivity index (χ4n) is 2.70. The monoisotopic (exact) mass is 282 g/mol. The fourth-order valence-corrected chi connectivity index (χ4v) is 2.70. The van der Waals surface area contributed by atoms with Crippen LogP contribution in [0.1, 0.15) is 31.2 Å². The van der Waals surface area contributed by atoms with Crippen LogP contribution in [0.4, 0.5) is 8.78 Å². The number of benzene rings is 1. The minimum Gasteiger partial charge on any atom is -0.356 e. The van der Waals surface area contributed by atoms with Crippen LogP contribution in [0.25, 0.3) is 0 Å². The molecule has 2 unspecified atom stereocenters. The Balaban J connectivity index is 1.82. The number of hydrogen-bond acceptors (Lipinski definition) is 2. The van der Waals surface area contributed by atoms with Crippen molar-refractivity contribution >= 4 is 5.91 Å². The van der Waals surface area contributed by atoms with Crippen LogP contribution >= 0.6 is 0 Å². The van der Waals surface area contributed by atoms with E-state index in [9.17, 15) is 13.6 Å². The van der Waals surface area contributed by atoms with Crippen LogP contribution in [0.15, 0.2) is 18.2 Å². The van der Waals surface area contributed by atoms with Gasteiger partial charge in [0.1, 0.15) is 0 Å². The molecule has 20 heavy (non-hydrogen) atoms. The van der Waals surface area contributed by atoms with Crippen LogP contribution in [0, 0.1) is 17.6 Å². The van der Waals surface area contributed by atoms with Gasteiger partial charge in [-0.25, -0.2) is 8.78 Å². The number of nitrogens with two attached hydrogens (primary N) is 1. The Hall–Kier alpha value is -1.49. The second-order valence-corrected chi connectivity index (χ2v) is 5.49. The molecule has 0 spiro atoms. The molecule has 0 radical (unpaired) electrons. The zero-order valence-electron chi connectivity index (χ0n) is 11.4. The summed E-state index contributed by atoms with van der Waals surface area (Å²) >= 11 is 0. The molecule has 0 aliphatic heterocycles. The van der Waals surface area contributed by atoms with E-state index in [1.165, 1.54) is 12.1 Å². The van der Waals surface area contributed by atoms with E-state index in [4.69, 9.17) is 5.73 Å². The molecule has 2 atom stereocenters. The van der Waals surface area contributed by atoms with Crippen LogP contribution in [0.5, 0.6) is 0 Å². The molecule has 1 aliphatic rings. The van der Waals surface area contributed by atoms with Crippen molar-refractivity contribution in [3.05, 3.63) is 35.4 Å². The maximum atomic E-state index is 13.4. The quantitative estimate of drug-likeness (QED) is 0.889. The molecule has 1 aromatic rings. The molecule has 110 valence electrons. The Labute approximate surface area is 117 Å². The molecule has 1 amide bonds. The van der Waals surface area contributed by atoms with Gasteiger partial charge in [-0.1, -0.05) is 18.6 Å². The van der Waals surface area contributed by atoms with Crippen molar-refractivity contribution in [2.75, 3.05) is 6.54 Å². The summed E-state index contributed by atoms with van der Waals surface area (Å²) in [4.78, 5) is 11.8. The van der Waals surface area contributed by atoms with Crippen molar-refractivity contribution in [1.29, 1.82) is 0 Å². The van der Waals surface area contributed by atoms with E-state index in [0.29, 0.717) is 12.5 Å². The van der Waals surface area contributed by atoms with E-state index in [2.05, 4.69) is 5.32 Å². The van der Waals surface area contributed by atoms with Gasteiger partial charge in [0, 0.05) is 18.2 Å². The molecule has 0 aromatic heterocycles. The normalized spacial score (nSPS) is 22.6. The zero-order chi connectivity index (χ0) is 14.5. The predicted octanol–water partition coefficient (Wildman–Crippen LogP) is 2.14. The van der Waals surface area contributed by atoms with Gasteiger partial charge in [-0.3, -0.25) is 4.79 Å². The van der Waals surface area contributed by atoms with Crippen molar-refractivity contribution in [1.82, 2.24) is 5.32 Å². The molecule has 0 bridgehead atoms. The number of rotatable bonds is 4. The van der Waals surface area contributed by atoms with Gasteiger partial charge in [0.2, 0.25) is 5.91 Å². The van der Waals surface area contributed by atoms with Gasteiger partial charge in [0.05, 0.1) is 6.42 Å². The van der Waals surface area contributed by atoms with E-state index in [0.717, 1.165) is 31.7 Å². The molecule has 1 fully saturated rings. The maximum absolute atomic E-state index is 13.4. The van der Waals surface area contributed by atoms with Gasteiger partial charge < -0.3 is 11.1 Å². The second kappa shape index (κ2) is 6.79. The Morgan fingerprint density at radius 3 is 2.90 bits per heavy atom. The molecule has 5 heteroatoms. The predicted molar refractivity (Wildman–Crippen MR) is 73.0 cm³/mol. The number of amides is 1. The summed E-state index contributed by atoms with van der Waals surface area (Å²) in [6.07, 6.45) is 3.96. The molecule has 1 saturated carbocycles. The van der Waals surface area contributed by atoms with Crippen LogP contribution in [-0.4, -0.2) is 18.5 Å². The Morgan fingerprint density at radius 1 is 1.35 bits per heavy atom. The van der Waals surface area contributed by atoms with Crippen molar-refractivity contribution in [2.24, 2.45) is 11.7 Å². The van der Waals surface area contributed by atoms with Crippen LogP contribution < -0.4 is 11.1 Å². The molecule has 3 nitrogen and oxygen atoms in total. The van der Waals surface area contributed by atoms with Crippen LogP contribution in [-0.2, 0) is 11.2 Å². The maximum Gasteiger partial charge on any atom is 0.224 e. The first-order valence-electron chi connectivity index (χ1n) is 7.01. The summed E-state index contributed by atoms with van der Waals surface area (Å²) in [5, 5.41) is 2.78. The third-order valence-electron chi connectivity index (χ3n) is 3.79. The molecule has 1 aliphatic carbocycles. The average molecular weight is 282 g/mol. The Bertz CT molecular complexity index is 479. The van der Waals surface area contributed by atoms with Crippen LogP contribution in [0.2, 0.25) is 0 Å². The number of carbonyl (C=O) groups is 1. The zero-order valence-corrected chi connectivity index (χ0v) is 11.4. The molecule has 0 saturated heterocycles. The summed E-state index contributed by atoms with van der Waals surface area (Å²) in [5.41, 5.74) is 5.97. The third kappa shape index (κ3) is 4.00. The van der Waals surface area contributed by atoms with E-state index in [1.807, 2.05) is 0 Å². The molecular formula is C15H20F2N2O. The molecule has 0 heterocycles. The number of carbonyl (C=O) groups excluding carboxylic acids is 1. The summed E-state index contributed by atoms with van der Waals surface area (Å²) in [5.74, 6) is -1.76. The van der Waals surface area contributed by atoms with Crippen molar-refractivity contribution in [3.8, 4) is 0 Å². The topological polar surface area (TPSA) is 55.1 Å². The standard InChI is InChI=1S/C15H20F2N2O/c16-13-6-2-4-11(15(13)17)8-14(20)19-9-10-3-1-5-12(18)7-10/h2,4,6,10,12H,1,3,5,7-9,18H2,(H,19,20).